The highest BCUT2D eigenvalue weighted by molar-refractivity contribution is 5.91. The third-order valence-electron chi connectivity index (χ3n) is 3.24. The number of carbonyl (C=O) groups excluding carboxylic acids is 1. The summed E-state index contributed by atoms with van der Waals surface area (Å²) in [5.74, 6) is 0.971. The maximum absolute atomic E-state index is 11.8. The van der Waals surface area contributed by atoms with Crippen molar-refractivity contribution in [1.29, 1.82) is 0 Å². The van der Waals surface area contributed by atoms with Crippen LogP contribution in [0, 0.1) is 0 Å². The SMILES string of the molecule is CNCCC(=O)Nc1ccc(C(C)C)cc1C(C)C. The first-order valence-electron chi connectivity index (χ1n) is 7.04. The smallest absolute Gasteiger partial charge is 0.225 e. The van der Waals surface area contributed by atoms with Gasteiger partial charge in [0, 0.05) is 18.7 Å². The molecule has 0 bridgehead atoms. The summed E-state index contributed by atoms with van der Waals surface area (Å²) in [5, 5.41) is 6.00. The summed E-state index contributed by atoms with van der Waals surface area (Å²) in [6.07, 6.45) is 0.500. The third-order valence-corrected chi connectivity index (χ3v) is 3.24. The van der Waals surface area contributed by atoms with Gasteiger partial charge in [0.05, 0.1) is 0 Å². The zero-order chi connectivity index (χ0) is 14.4. The van der Waals surface area contributed by atoms with Crippen molar-refractivity contribution in [3.05, 3.63) is 29.3 Å². The zero-order valence-electron chi connectivity index (χ0n) is 12.7. The molecule has 0 fully saturated rings. The molecule has 0 aliphatic rings. The molecule has 0 spiro atoms. The maximum atomic E-state index is 11.8. The zero-order valence-corrected chi connectivity index (χ0v) is 12.7. The van der Waals surface area contributed by atoms with E-state index in [0.29, 0.717) is 24.8 Å². The summed E-state index contributed by atoms with van der Waals surface area (Å²) in [5.41, 5.74) is 3.47. The fourth-order valence-electron chi connectivity index (χ4n) is 1.98. The first-order chi connectivity index (χ1) is 8.95. The molecule has 0 saturated carbocycles. The summed E-state index contributed by atoms with van der Waals surface area (Å²) in [6.45, 7) is 9.38. The van der Waals surface area contributed by atoms with E-state index in [1.165, 1.54) is 11.1 Å². The molecular formula is C16H26N2O. The second kappa shape index (κ2) is 7.29. The van der Waals surface area contributed by atoms with Gasteiger partial charge in [-0.25, -0.2) is 0 Å². The molecule has 0 radical (unpaired) electrons. The first kappa shape index (κ1) is 15.7. The van der Waals surface area contributed by atoms with Crippen LogP contribution in [0.3, 0.4) is 0 Å². The van der Waals surface area contributed by atoms with Gasteiger partial charge in [-0.1, -0.05) is 39.8 Å². The van der Waals surface area contributed by atoms with Crippen molar-refractivity contribution in [2.45, 2.75) is 46.0 Å². The fourth-order valence-corrected chi connectivity index (χ4v) is 1.98. The summed E-state index contributed by atoms with van der Waals surface area (Å²) >= 11 is 0. The number of carbonyl (C=O) groups is 1. The van der Waals surface area contributed by atoms with E-state index < -0.39 is 0 Å². The molecule has 1 amide bonds. The Kier molecular flexibility index (Phi) is 6.03. The largest absolute Gasteiger partial charge is 0.326 e. The van der Waals surface area contributed by atoms with Gasteiger partial charge in [-0.05, 0) is 36.1 Å². The molecule has 0 atom stereocenters. The van der Waals surface area contributed by atoms with E-state index in [9.17, 15) is 4.79 Å². The predicted molar refractivity (Wildman–Crippen MR) is 81.8 cm³/mol. The molecule has 3 nitrogen and oxygen atoms in total. The van der Waals surface area contributed by atoms with Gasteiger partial charge in [-0.2, -0.15) is 0 Å². The molecule has 0 unspecified atom stereocenters. The quantitative estimate of drug-likeness (QED) is 0.824. The van der Waals surface area contributed by atoms with E-state index in [-0.39, 0.29) is 5.91 Å². The van der Waals surface area contributed by atoms with Gasteiger partial charge in [0.2, 0.25) is 5.91 Å². The van der Waals surface area contributed by atoms with E-state index in [2.05, 4.69) is 50.5 Å². The van der Waals surface area contributed by atoms with E-state index in [0.717, 1.165) is 5.69 Å². The van der Waals surface area contributed by atoms with Gasteiger partial charge in [0.15, 0.2) is 0 Å². The normalized spacial score (nSPS) is 11.1. The molecule has 0 aliphatic carbocycles. The molecule has 0 aliphatic heterocycles. The van der Waals surface area contributed by atoms with E-state index in [1.807, 2.05) is 13.1 Å². The van der Waals surface area contributed by atoms with Crippen molar-refractivity contribution >= 4 is 11.6 Å². The molecule has 3 heteroatoms. The number of rotatable bonds is 6. The number of benzene rings is 1. The van der Waals surface area contributed by atoms with Crippen LogP contribution in [0.2, 0.25) is 0 Å². The molecule has 0 heterocycles. The lowest BCUT2D eigenvalue weighted by atomic mass is 9.94. The lowest BCUT2D eigenvalue weighted by molar-refractivity contribution is -0.116. The number of anilines is 1. The second-order valence-electron chi connectivity index (χ2n) is 5.56. The Hall–Kier alpha value is -1.35. The van der Waals surface area contributed by atoms with Crippen LogP contribution in [0.15, 0.2) is 18.2 Å². The van der Waals surface area contributed by atoms with Crippen molar-refractivity contribution in [3.63, 3.8) is 0 Å². The second-order valence-corrected chi connectivity index (χ2v) is 5.56. The number of nitrogens with one attached hydrogen (secondary N) is 2. The van der Waals surface area contributed by atoms with Crippen LogP contribution in [0.5, 0.6) is 0 Å². The minimum atomic E-state index is 0.0635. The third kappa shape index (κ3) is 4.67. The van der Waals surface area contributed by atoms with E-state index in [4.69, 9.17) is 0 Å². The van der Waals surface area contributed by atoms with Gasteiger partial charge in [0.1, 0.15) is 0 Å². The molecule has 0 aromatic heterocycles. The van der Waals surface area contributed by atoms with Gasteiger partial charge in [-0.3, -0.25) is 4.79 Å². The molecule has 2 N–H and O–H groups in total. The van der Waals surface area contributed by atoms with Gasteiger partial charge in [-0.15, -0.1) is 0 Å². The van der Waals surface area contributed by atoms with Crippen molar-refractivity contribution in [1.82, 2.24) is 5.32 Å². The molecule has 1 rings (SSSR count). The van der Waals surface area contributed by atoms with Crippen LogP contribution in [0.25, 0.3) is 0 Å². The Morgan fingerprint density at radius 3 is 2.37 bits per heavy atom. The first-order valence-corrected chi connectivity index (χ1v) is 7.04. The minimum Gasteiger partial charge on any atom is -0.326 e. The van der Waals surface area contributed by atoms with Crippen molar-refractivity contribution in [3.8, 4) is 0 Å². The molecule has 106 valence electrons. The lowest BCUT2D eigenvalue weighted by Gasteiger charge is -2.17. The van der Waals surface area contributed by atoms with Crippen LogP contribution in [-0.4, -0.2) is 19.5 Å². The summed E-state index contributed by atoms with van der Waals surface area (Å²) < 4.78 is 0. The van der Waals surface area contributed by atoms with Crippen LogP contribution in [0.1, 0.15) is 57.1 Å². The monoisotopic (exact) mass is 262 g/mol. The average Bonchev–Trinajstić information content (AvgIpc) is 2.36. The minimum absolute atomic E-state index is 0.0635. The topological polar surface area (TPSA) is 41.1 Å². The molecule has 0 saturated heterocycles. The molecular weight excluding hydrogens is 236 g/mol. The van der Waals surface area contributed by atoms with Crippen molar-refractivity contribution in [2.24, 2.45) is 0 Å². The Morgan fingerprint density at radius 2 is 1.84 bits per heavy atom. The van der Waals surface area contributed by atoms with Gasteiger partial charge in [0.25, 0.3) is 0 Å². The molecule has 19 heavy (non-hydrogen) atoms. The Morgan fingerprint density at radius 1 is 1.16 bits per heavy atom. The van der Waals surface area contributed by atoms with Crippen LogP contribution in [-0.2, 0) is 4.79 Å². The highest BCUT2D eigenvalue weighted by Gasteiger charge is 2.11. The maximum Gasteiger partial charge on any atom is 0.225 e. The average molecular weight is 262 g/mol. The van der Waals surface area contributed by atoms with Crippen LogP contribution >= 0.6 is 0 Å². The van der Waals surface area contributed by atoms with Crippen LogP contribution < -0.4 is 10.6 Å². The van der Waals surface area contributed by atoms with Gasteiger partial charge >= 0.3 is 0 Å². The number of hydrogen-bond acceptors (Lipinski definition) is 2. The van der Waals surface area contributed by atoms with Crippen LogP contribution in [0.4, 0.5) is 5.69 Å². The Labute approximate surface area is 116 Å². The van der Waals surface area contributed by atoms with Crippen molar-refractivity contribution in [2.75, 3.05) is 18.9 Å². The lowest BCUT2D eigenvalue weighted by Crippen LogP contribution is -2.19. The molecule has 1 aromatic rings. The molecule has 1 aromatic carbocycles. The van der Waals surface area contributed by atoms with E-state index >= 15 is 0 Å². The predicted octanol–water partition coefficient (Wildman–Crippen LogP) is 3.48. The summed E-state index contributed by atoms with van der Waals surface area (Å²) in [4.78, 5) is 11.8. The van der Waals surface area contributed by atoms with E-state index in [1.54, 1.807) is 0 Å². The Bertz CT molecular complexity index is 425. The summed E-state index contributed by atoms with van der Waals surface area (Å²) in [7, 11) is 1.85. The standard InChI is InChI=1S/C16H26N2O/c1-11(2)13-6-7-15(14(10-13)12(3)4)18-16(19)8-9-17-5/h6-7,10-12,17H,8-9H2,1-5H3,(H,18,19). The number of amides is 1. The number of hydrogen-bond donors (Lipinski definition) is 2. The highest BCUT2D eigenvalue weighted by Crippen LogP contribution is 2.28. The van der Waals surface area contributed by atoms with Crippen molar-refractivity contribution < 1.29 is 4.79 Å². The van der Waals surface area contributed by atoms with Gasteiger partial charge < -0.3 is 10.6 Å². The highest BCUT2D eigenvalue weighted by atomic mass is 16.1. The summed E-state index contributed by atoms with van der Waals surface area (Å²) in [6, 6.07) is 6.34. The Balaban J connectivity index is 2.91. The fraction of sp³-hybridized carbons (Fsp3) is 0.562.